The zero-order chi connectivity index (χ0) is 17.0. The van der Waals surface area contributed by atoms with E-state index in [0.717, 1.165) is 18.2 Å². The number of halogens is 1. The fourth-order valence-electron chi connectivity index (χ4n) is 1.84. The Morgan fingerprint density at radius 1 is 1.22 bits per heavy atom. The third kappa shape index (κ3) is 3.98. The van der Waals surface area contributed by atoms with E-state index >= 15 is 0 Å². The molecule has 0 fully saturated rings. The summed E-state index contributed by atoms with van der Waals surface area (Å²) in [4.78, 5) is 10.5. The van der Waals surface area contributed by atoms with Crippen molar-refractivity contribution in [3.8, 4) is 5.75 Å². The lowest BCUT2D eigenvalue weighted by Gasteiger charge is -2.10. The van der Waals surface area contributed by atoms with E-state index < -0.39 is 27.4 Å². The molecule has 0 aliphatic heterocycles. The lowest BCUT2D eigenvalue weighted by atomic mass is 10.2. The van der Waals surface area contributed by atoms with Gasteiger partial charge in [-0.25, -0.2) is 17.6 Å². The number of carboxylic acids is 1. The second kappa shape index (κ2) is 6.66. The fraction of sp³-hybridized carbons (Fsp3) is 0.133. The van der Waals surface area contributed by atoms with Gasteiger partial charge in [-0.3, -0.25) is 4.72 Å². The molecule has 0 bridgehead atoms. The highest BCUT2D eigenvalue weighted by Gasteiger charge is 2.19. The minimum absolute atomic E-state index is 0.273. The van der Waals surface area contributed by atoms with E-state index in [1.54, 1.807) is 12.1 Å². The van der Waals surface area contributed by atoms with E-state index in [9.17, 15) is 17.6 Å². The molecule has 6 nitrogen and oxygen atoms in total. The molecule has 2 rings (SSSR count). The summed E-state index contributed by atoms with van der Waals surface area (Å²) in [5.74, 6) is -1.96. The van der Waals surface area contributed by atoms with Gasteiger partial charge in [0.15, 0.2) is 0 Å². The normalized spacial score (nSPS) is 11.0. The van der Waals surface area contributed by atoms with Gasteiger partial charge in [0.25, 0.3) is 10.0 Å². The van der Waals surface area contributed by atoms with Crippen molar-refractivity contribution in [2.75, 3.05) is 11.3 Å². The first-order valence-corrected chi connectivity index (χ1v) is 8.10. The molecule has 0 spiro atoms. The van der Waals surface area contributed by atoms with Crippen LogP contribution in [-0.2, 0) is 10.0 Å². The third-order valence-corrected chi connectivity index (χ3v) is 4.28. The van der Waals surface area contributed by atoms with E-state index in [-0.39, 0.29) is 10.6 Å². The van der Waals surface area contributed by atoms with Crippen LogP contribution in [0, 0.1) is 5.82 Å². The Hall–Kier alpha value is -2.61. The number of sulfonamides is 1. The first-order valence-electron chi connectivity index (χ1n) is 6.62. The molecule has 2 aromatic rings. The molecule has 23 heavy (non-hydrogen) atoms. The number of anilines is 1. The molecule has 0 saturated carbocycles. The van der Waals surface area contributed by atoms with E-state index in [2.05, 4.69) is 4.72 Å². The maximum Gasteiger partial charge on any atom is 0.338 e. The van der Waals surface area contributed by atoms with Gasteiger partial charge in [0.1, 0.15) is 11.6 Å². The summed E-state index contributed by atoms with van der Waals surface area (Å²) in [6.45, 7) is 2.31. The number of rotatable bonds is 6. The minimum atomic E-state index is -4.03. The molecule has 2 aromatic carbocycles. The molecule has 0 aliphatic rings. The highest BCUT2D eigenvalue weighted by atomic mass is 32.2. The summed E-state index contributed by atoms with van der Waals surface area (Å²) in [6, 6.07) is 8.77. The van der Waals surface area contributed by atoms with Gasteiger partial charge in [0.2, 0.25) is 0 Å². The van der Waals surface area contributed by atoms with Crippen LogP contribution in [0.2, 0.25) is 0 Å². The smallest absolute Gasteiger partial charge is 0.338 e. The van der Waals surface area contributed by atoms with Gasteiger partial charge in [0.05, 0.1) is 17.1 Å². The molecule has 0 aliphatic carbocycles. The highest BCUT2D eigenvalue weighted by molar-refractivity contribution is 7.92. The number of hydrogen-bond acceptors (Lipinski definition) is 4. The van der Waals surface area contributed by atoms with Gasteiger partial charge in [-0.1, -0.05) is 0 Å². The minimum Gasteiger partial charge on any atom is -0.494 e. The van der Waals surface area contributed by atoms with Crippen LogP contribution in [0.25, 0.3) is 0 Å². The van der Waals surface area contributed by atoms with Crippen LogP contribution in [0.1, 0.15) is 17.3 Å². The van der Waals surface area contributed by atoms with Gasteiger partial charge < -0.3 is 9.84 Å². The number of ether oxygens (including phenoxy) is 1. The quantitative estimate of drug-likeness (QED) is 0.844. The summed E-state index contributed by atoms with van der Waals surface area (Å²) in [7, 11) is -4.03. The number of aromatic carboxylic acids is 1. The average Bonchev–Trinajstić information content (AvgIpc) is 2.49. The van der Waals surface area contributed by atoms with Crippen LogP contribution < -0.4 is 9.46 Å². The average molecular weight is 339 g/mol. The van der Waals surface area contributed by atoms with Crippen molar-refractivity contribution in [1.82, 2.24) is 0 Å². The molecule has 0 amide bonds. The molecule has 0 unspecified atom stereocenters. The van der Waals surface area contributed by atoms with Gasteiger partial charge in [-0.2, -0.15) is 0 Å². The molecular formula is C15H14FNO5S. The number of benzene rings is 2. The van der Waals surface area contributed by atoms with E-state index in [4.69, 9.17) is 9.84 Å². The molecule has 0 saturated heterocycles. The summed E-state index contributed by atoms with van der Waals surface area (Å²) in [5.41, 5.74) is -0.436. The number of nitrogens with one attached hydrogen (secondary N) is 1. The molecule has 8 heteroatoms. The van der Waals surface area contributed by atoms with Gasteiger partial charge >= 0.3 is 5.97 Å². The monoisotopic (exact) mass is 339 g/mol. The zero-order valence-corrected chi connectivity index (χ0v) is 12.9. The molecular weight excluding hydrogens is 325 g/mol. The van der Waals surface area contributed by atoms with E-state index in [1.165, 1.54) is 12.1 Å². The fourth-order valence-corrected chi connectivity index (χ4v) is 2.92. The van der Waals surface area contributed by atoms with Crippen molar-refractivity contribution in [2.24, 2.45) is 0 Å². The second-order valence-electron chi connectivity index (χ2n) is 4.51. The summed E-state index contributed by atoms with van der Waals surface area (Å²) in [5, 5.41) is 8.86. The van der Waals surface area contributed by atoms with Crippen LogP contribution >= 0.6 is 0 Å². The molecule has 0 atom stereocenters. The van der Waals surface area contributed by atoms with Crippen LogP contribution in [0.3, 0.4) is 0 Å². The highest BCUT2D eigenvalue weighted by Crippen LogP contribution is 2.21. The van der Waals surface area contributed by atoms with Gasteiger partial charge in [-0.15, -0.1) is 0 Å². The molecule has 0 aromatic heterocycles. The Morgan fingerprint density at radius 3 is 2.43 bits per heavy atom. The largest absolute Gasteiger partial charge is 0.494 e. The second-order valence-corrected chi connectivity index (χ2v) is 6.19. The predicted octanol–water partition coefficient (Wildman–Crippen LogP) is 2.72. The molecule has 0 radical (unpaired) electrons. The summed E-state index contributed by atoms with van der Waals surface area (Å²) in [6.07, 6.45) is 0. The number of carboxylic acid groups (broad SMARTS) is 1. The topological polar surface area (TPSA) is 92.7 Å². The Morgan fingerprint density at radius 2 is 1.87 bits per heavy atom. The van der Waals surface area contributed by atoms with Crippen molar-refractivity contribution in [2.45, 2.75) is 11.8 Å². The Bertz CT molecular complexity index is 818. The van der Waals surface area contributed by atoms with E-state index in [0.29, 0.717) is 12.4 Å². The van der Waals surface area contributed by atoms with Crippen LogP contribution in [0.15, 0.2) is 47.4 Å². The maximum atomic E-state index is 13.3. The molecule has 2 N–H and O–H groups in total. The maximum absolute atomic E-state index is 13.3. The van der Waals surface area contributed by atoms with Crippen molar-refractivity contribution >= 4 is 21.7 Å². The third-order valence-electron chi connectivity index (χ3n) is 2.90. The molecule has 122 valence electrons. The number of carbonyl (C=O) groups is 1. The Labute approximate surface area is 132 Å². The van der Waals surface area contributed by atoms with E-state index in [1.807, 2.05) is 6.92 Å². The standard InChI is InChI=1S/C15H14FNO5S/c1-2-22-11-5-3-10(4-6-11)17-23(20,21)12-7-8-14(16)13(9-12)15(18)19/h3-9,17H,2H2,1H3,(H,18,19). The van der Waals surface area contributed by atoms with Crippen LogP contribution in [0.4, 0.5) is 10.1 Å². The first-order chi connectivity index (χ1) is 10.8. The SMILES string of the molecule is CCOc1ccc(NS(=O)(=O)c2ccc(F)c(C(=O)O)c2)cc1. The Balaban J connectivity index is 2.28. The Kier molecular flexibility index (Phi) is 4.85. The summed E-state index contributed by atoms with van der Waals surface area (Å²) >= 11 is 0. The van der Waals surface area contributed by atoms with Crippen LogP contribution in [0.5, 0.6) is 5.75 Å². The van der Waals surface area contributed by atoms with Crippen LogP contribution in [-0.4, -0.2) is 26.1 Å². The first kappa shape index (κ1) is 16.8. The van der Waals surface area contributed by atoms with Crippen molar-refractivity contribution in [3.05, 3.63) is 53.8 Å². The number of hydrogen-bond donors (Lipinski definition) is 2. The van der Waals surface area contributed by atoms with Crippen molar-refractivity contribution in [1.29, 1.82) is 0 Å². The zero-order valence-electron chi connectivity index (χ0n) is 12.1. The molecule has 0 heterocycles. The van der Waals surface area contributed by atoms with Gasteiger partial charge in [-0.05, 0) is 49.4 Å². The van der Waals surface area contributed by atoms with Crippen molar-refractivity contribution < 1.29 is 27.4 Å². The van der Waals surface area contributed by atoms with Gasteiger partial charge in [0, 0.05) is 5.69 Å². The lowest BCUT2D eigenvalue weighted by Crippen LogP contribution is -2.14. The lowest BCUT2D eigenvalue weighted by molar-refractivity contribution is 0.0691. The van der Waals surface area contributed by atoms with Crippen molar-refractivity contribution in [3.63, 3.8) is 0 Å². The predicted molar refractivity (Wildman–Crippen MR) is 81.8 cm³/mol. The summed E-state index contributed by atoms with van der Waals surface area (Å²) < 4.78 is 45.4.